The molecule has 112 valence electrons. The molecule has 0 radical (unpaired) electrons. The van der Waals surface area contributed by atoms with Gasteiger partial charge in [0.25, 0.3) is 5.69 Å². The Morgan fingerprint density at radius 1 is 1.57 bits per heavy atom. The van der Waals surface area contributed by atoms with E-state index < -0.39 is 5.60 Å². The standard InChI is InChI=1S/C14H16N2O5/c1-14(7-17)4-8-2-10(16(18)19)9(3-12(8)21-14)15-5-13-11(15)6-20-13/h2-3,11,13,17H,4-7H2,1H3. The Hall–Kier alpha value is -1.86. The summed E-state index contributed by atoms with van der Waals surface area (Å²) in [6.45, 7) is 2.99. The topological polar surface area (TPSA) is 85.1 Å². The number of ether oxygens (including phenoxy) is 2. The number of nitro groups is 1. The number of fused-ring (bicyclic) bond motifs is 2. The van der Waals surface area contributed by atoms with Gasteiger partial charge in [-0.05, 0) is 6.92 Å². The lowest BCUT2D eigenvalue weighted by molar-refractivity contribution is -0.384. The number of hydrogen-bond donors (Lipinski definition) is 1. The van der Waals surface area contributed by atoms with Gasteiger partial charge in [0.15, 0.2) is 0 Å². The van der Waals surface area contributed by atoms with E-state index in [4.69, 9.17) is 9.47 Å². The maximum absolute atomic E-state index is 11.4. The zero-order valence-corrected chi connectivity index (χ0v) is 11.6. The van der Waals surface area contributed by atoms with Gasteiger partial charge in [-0.1, -0.05) is 0 Å². The lowest BCUT2D eigenvalue weighted by Crippen LogP contribution is -2.71. The predicted molar refractivity (Wildman–Crippen MR) is 73.8 cm³/mol. The van der Waals surface area contributed by atoms with E-state index in [0.717, 1.165) is 5.56 Å². The molecule has 2 saturated heterocycles. The number of nitro benzene ring substituents is 1. The van der Waals surface area contributed by atoms with E-state index in [1.807, 2.05) is 4.90 Å². The number of benzene rings is 1. The molecule has 3 aliphatic rings. The predicted octanol–water partition coefficient (Wildman–Crippen LogP) is 0.868. The van der Waals surface area contributed by atoms with E-state index in [9.17, 15) is 15.2 Å². The first-order valence-corrected chi connectivity index (χ1v) is 7.00. The molecule has 3 unspecified atom stereocenters. The second kappa shape index (κ2) is 4.08. The van der Waals surface area contributed by atoms with E-state index >= 15 is 0 Å². The maximum atomic E-state index is 11.4. The highest BCUT2D eigenvalue weighted by Gasteiger charge is 2.49. The van der Waals surface area contributed by atoms with Crippen molar-refractivity contribution in [3.8, 4) is 5.75 Å². The van der Waals surface area contributed by atoms with Crippen LogP contribution in [-0.4, -0.2) is 47.5 Å². The highest BCUT2D eigenvalue weighted by Crippen LogP contribution is 2.46. The quantitative estimate of drug-likeness (QED) is 0.657. The van der Waals surface area contributed by atoms with Crippen LogP contribution in [0.25, 0.3) is 0 Å². The van der Waals surface area contributed by atoms with Crippen LogP contribution in [0.1, 0.15) is 12.5 Å². The number of nitrogens with zero attached hydrogens (tertiary/aromatic N) is 2. The van der Waals surface area contributed by atoms with Crippen molar-refractivity contribution in [2.45, 2.75) is 31.1 Å². The van der Waals surface area contributed by atoms with Gasteiger partial charge in [-0.15, -0.1) is 0 Å². The molecule has 4 rings (SSSR count). The molecule has 3 aliphatic heterocycles. The Labute approximate surface area is 121 Å². The third-order valence-corrected chi connectivity index (χ3v) is 4.61. The van der Waals surface area contributed by atoms with Gasteiger partial charge in [0.2, 0.25) is 0 Å². The SMILES string of the molecule is CC1(CO)Cc2cc([N+](=O)[O-])c(N3CC4OCC43)cc2O1. The van der Waals surface area contributed by atoms with Crippen LogP contribution in [0.5, 0.6) is 5.75 Å². The molecule has 1 aromatic rings. The molecule has 0 bridgehead atoms. The number of aliphatic hydroxyl groups excluding tert-OH is 1. The van der Waals surface area contributed by atoms with Crippen LogP contribution in [0.3, 0.4) is 0 Å². The first kappa shape index (κ1) is 12.8. The van der Waals surface area contributed by atoms with Crippen LogP contribution in [0, 0.1) is 10.1 Å². The summed E-state index contributed by atoms with van der Waals surface area (Å²) >= 11 is 0. The largest absolute Gasteiger partial charge is 0.484 e. The van der Waals surface area contributed by atoms with Crippen LogP contribution in [-0.2, 0) is 11.2 Å². The van der Waals surface area contributed by atoms with Crippen LogP contribution < -0.4 is 9.64 Å². The summed E-state index contributed by atoms with van der Waals surface area (Å²) in [6.07, 6.45) is 0.691. The Bertz CT molecular complexity index is 634. The Balaban J connectivity index is 1.74. The van der Waals surface area contributed by atoms with Crippen molar-refractivity contribution in [2.24, 2.45) is 0 Å². The van der Waals surface area contributed by atoms with E-state index in [0.29, 0.717) is 31.0 Å². The van der Waals surface area contributed by atoms with E-state index in [1.54, 1.807) is 19.1 Å². The summed E-state index contributed by atoms with van der Waals surface area (Å²) in [7, 11) is 0. The second-order valence-electron chi connectivity index (χ2n) is 6.18. The number of morpholine rings is 1. The first-order chi connectivity index (χ1) is 10.0. The lowest BCUT2D eigenvalue weighted by Gasteiger charge is -2.55. The molecule has 1 aromatic carbocycles. The summed E-state index contributed by atoms with van der Waals surface area (Å²) in [5, 5.41) is 20.8. The molecule has 3 atom stereocenters. The fraction of sp³-hybridized carbons (Fsp3) is 0.571. The molecule has 7 heteroatoms. The van der Waals surface area contributed by atoms with Crippen LogP contribution in [0.4, 0.5) is 11.4 Å². The molecule has 0 aliphatic carbocycles. The number of anilines is 1. The van der Waals surface area contributed by atoms with Crippen molar-refractivity contribution in [1.82, 2.24) is 0 Å². The Morgan fingerprint density at radius 2 is 2.38 bits per heavy atom. The molecular formula is C14H16N2O5. The average molecular weight is 292 g/mol. The first-order valence-electron chi connectivity index (χ1n) is 7.00. The third-order valence-electron chi connectivity index (χ3n) is 4.61. The zero-order valence-electron chi connectivity index (χ0n) is 11.6. The molecule has 0 spiro atoms. The van der Waals surface area contributed by atoms with Gasteiger partial charge in [0.1, 0.15) is 17.0 Å². The summed E-state index contributed by atoms with van der Waals surface area (Å²) < 4.78 is 11.1. The van der Waals surface area contributed by atoms with Gasteiger partial charge in [0.05, 0.1) is 30.3 Å². The van der Waals surface area contributed by atoms with Crippen LogP contribution >= 0.6 is 0 Å². The van der Waals surface area contributed by atoms with Gasteiger partial charge in [-0.25, -0.2) is 0 Å². The van der Waals surface area contributed by atoms with Crippen molar-refractivity contribution in [1.29, 1.82) is 0 Å². The molecule has 0 aromatic heterocycles. The Kier molecular flexibility index (Phi) is 2.50. The van der Waals surface area contributed by atoms with E-state index in [2.05, 4.69) is 0 Å². The normalized spacial score (nSPS) is 32.6. The fourth-order valence-electron chi connectivity index (χ4n) is 3.25. The summed E-state index contributed by atoms with van der Waals surface area (Å²) in [5.74, 6) is 0.635. The second-order valence-corrected chi connectivity index (χ2v) is 6.18. The molecule has 2 fully saturated rings. The summed E-state index contributed by atoms with van der Waals surface area (Å²) in [5.41, 5.74) is 0.783. The van der Waals surface area contributed by atoms with Crippen LogP contribution in [0.15, 0.2) is 12.1 Å². The maximum Gasteiger partial charge on any atom is 0.293 e. The monoisotopic (exact) mass is 292 g/mol. The summed E-state index contributed by atoms with van der Waals surface area (Å²) in [4.78, 5) is 13.0. The van der Waals surface area contributed by atoms with Gasteiger partial charge in [-0.3, -0.25) is 10.1 Å². The van der Waals surface area contributed by atoms with Crippen molar-refractivity contribution in [3.63, 3.8) is 0 Å². The average Bonchev–Trinajstić information content (AvgIpc) is 2.76. The van der Waals surface area contributed by atoms with Crippen molar-refractivity contribution < 1.29 is 19.5 Å². The molecule has 3 heterocycles. The minimum Gasteiger partial charge on any atom is -0.484 e. The van der Waals surface area contributed by atoms with Crippen molar-refractivity contribution in [2.75, 3.05) is 24.7 Å². The molecule has 1 N–H and O–H groups in total. The molecule has 0 saturated carbocycles. The number of aliphatic hydroxyl groups is 1. The van der Waals surface area contributed by atoms with Gasteiger partial charge < -0.3 is 19.5 Å². The molecule has 7 nitrogen and oxygen atoms in total. The molecule has 0 amide bonds. The molecular weight excluding hydrogens is 276 g/mol. The molecule has 21 heavy (non-hydrogen) atoms. The third kappa shape index (κ3) is 1.74. The van der Waals surface area contributed by atoms with E-state index in [1.165, 1.54) is 0 Å². The Morgan fingerprint density at radius 3 is 2.90 bits per heavy atom. The summed E-state index contributed by atoms with van der Waals surface area (Å²) in [6, 6.07) is 3.56. The number of hydrogen-bond acceptors (Lipinski definition) is 6. The fourth-order valence-corrected chi connectivity index (χ4v) is 3.25. The minimum absolute atomic E-state index is 0.102. The zero-order chi connectivity index (χ0) is 14.8. The van der Waals surface area contributed by atoms with E-state index in [-0.39, 0.29) is 29.4 Å². The van der Waals surface area contributed by atoms with Gasteiger partial charge in [-0.2, -0.15) is 0 Å². The van der Waals surface area contributed by atoms with Gasteiger partial charge in [0, 0.05) is 30.7 Å². The smallest absolute Gasteiger partial charge is 0.293 e. The highest BCUT2D eigenvalue weighted by molar-refractivity contribution is 5.71. The number of rotatable bonds is 3. The van der Waals surface area contributed by atoms with Crippen molar-refractivity contribution >= 4 is 11.4 Å². The highest BCUT2D eigenvalue weighted by atomic mass is 16.6. The van der Waals surface area contributed by atoms with Crippen molar-refractivity contribution in [3.05, 3.63) is 27.8 Å². The lowest BCUT2D eigenvalue weighted by atomic mass is 9.92. The minimum atomic E-state index is -0.689. The van der Waals surface area contributed by atoms with Crippen LogP contribution in [0.2, 0.25) is 0 Å². The van der Waals surface area contributed by atoms with Gasteiger partial charge >= 0.3 is 0 Å².